The molecule has 5 nitrogen and oxygen atoms in total. The largest absolute Gasteiger partial charge is 0.382 e. The predicted octanol–water partition coefficient (Wildman–Crippen LogP) is 3.49. The number of anilines is 1. The van der Waals surface area contributed by atoms with Gasteiger partial charge in [-0.25, -0.2) is 4.39 Å². The van der Waals surface area contributed by atoms with E-state index in [0.29, 0.717) is 16.5 Å². The summed E-state index contributed by atoms with van der Waals surface area (Å²) in [6, 6.07) is 5.70. The number of aromatic nitrogens is 2. The summed E-state index contributed by atoms with van der Waals surface area (Å²) in [5.41, 5.74) is 0.372. The van der Waals surface area contributed by atoms with Gasteiger partial charge in [-0.05, 0) is 25.5 Å². The standard InChI is InChI=1S/C15H18FN3O2S2/c1-2-21-8-4-7-17-14-18-19-15(23-14)22-10-13(20)11-5-3-6-12(16)9-11/h3,5-6,9H,2,4,7-8,10H2,1H3,(H,17,18). The van der Waals surface area contributed by atoms with Crippen LogP contribution >= 0.6 is 23.1 Å². The van der Waals surface area contributed by atoms with Crippen molar-refractivity contribution in [2.45, 2.75) is 17.7 Å². The van der Waals surface area contributed by atoms with Crippen molar-refractivity contribution in [3.63, 3.8) is 0 Å². The number of hydrogen-bond acceptors (Lipinski definition) is 7. The Kier molecular flexibility index (Phi) is 7.44. The quantitative estimate of drug-likeness (QED) is 0.400. The molecule has 0 atom stereocenters. The van der Waals surface area contributed by atoms with Crippen LogP contribution in [0, 0.1) is 5.82 Å². The Morgan fingerprint density at radius 3 is 3.09 bits per heavy atom. The third-order valence-electron chi connectivity index (χ3n) is 2.83. The van der Waals surface area contributed by atoms with Gasteiger partial charge in [0, 0.05) is 25.3 Å². The van der Waals surface area contributed by atoms with Crippen LogP contribution in [0.2, 0.25) is 0 Å². The van der Waals surface area contributed by atoms with Gasteiger partial charge in [-0.2, -0.15) is 0 Å². The van der Waals surface area contributed by atoms with Gasteiger partial charge < -0.3 is 10.1 Å². The summed E-state index contributed by atoms with van der Waals surface area (Å²) in [6.07, 6.45) is 0.897. The molecule has 0 amide bonds. The molecule has 0 saturated carbocycles. The summed E-state index contributed by atoms with van der Waals surface area (Å²) < 4.78 is 19.1. The zero-order chi connectivity index (χ0) is 16.5. The minimum absolute atomic E-state index is 0.129. The first-order chi connectivity index (χ1) is 11.2. The highest BCUT2D eigenvalue weighted by atomic mass is 32.2. The number of ether oxygens (including phenoxy) is 1. The number of benzene rings is 1. The molecule has 0 aliphatic rings. The molecule has 23 heavy (non-hydrogen) atoms. The maximum atomic E-state index is 13.1. The van der Waals surface area contributed by atoms with Crippen molar-refractivity contribution in [3.05, 3.63) is 35.6 Å². The third kappa shape index (κ3) is 6.25. The molecule has 1 heterocycles. The molecule has 0 radical (unpaired) electrons. The topological polar surface area (TPSA) is 64.1 Å². The molecule has 0 aliphatic carbocycles. The van der Waals surface area contributed by atoms with E-state index in [2.05, 4.69) is 15.5 Å². The summed E-state index contributed by atoms with van der Waals surface area (Å²) in [4.78, 5) is 12.0. The van der Waals surface area contributed by atoms with E-state index in [1.807, 2.05) is 6.92 Å². The van der Waals surface area contributed by atoms with Gasteiger partial charge >= 0.3 is 0 Å². The maximum Gasteiger partial charge on any atom is 0.206 e. The molecule has 2 rings (SSSR count). The Morgan fingerprint density at radius 1 is 1.43 bits per heavy atom. The summed E-state index contributed by atoms with van der Waals surface area (Å²) in [5, 5.41) is 11.9. The molecular weight excluding hydrogens is 337 g/mol. The second-order valence-corrected chi connectivity index (χ2v) is 6.77. The summed E-state index contributed by atoms with van der Waals surface area (Å²) in [5.74, 6) is -0.325. The fourth-order valence-corrected chi connectivity index (χ4v) is 3.40. The lowest BCUT2D eigenvalue weighted by molar-refractivity contribution is 0.102. The Bertz CT molecular complexity index is 637. The number of thioether (sulfide) groups is 1. The summed E-state index contributed by atoms with van der Waals surface area (Å²) in [7, 11) is 0. The lowest BCUT2D eigenvalue weighted by Crippen LogP contribution is -2.05. The fraction of sp³-hybridized carbons (Fsp3) is 0.400. The molecule has 0 bridgehead atoms. The van der Waals surface area contributed by atoms with Crippen LogP contribution in [0.4, 0.5) is 9.52 Å². The minimum Gasteiger partial charge on any atom is -0.382 e. The second-order valence-electron chi connectivity index (χ2n) is 4.57. The molecule has 0 spiro atoms. The molecule has 1 aromatic carbocycles. The second kappa shape index (κ2) is 9.59. The average molecular weight is 355 g/mol. The molecule has 0 saturated heterocycles. The van der Waals surface area contributed by atoms with E-state index in [-0.39, 0.29) is 11.5 Å². The molecule has 1 N–H and O–H groups in total. The zero-order valence-corrected chi connectivity index (χ0v) is 14.4. The van der Waals surface area contributed by atoms with Crippen LogP contribution in [0.25, 0.3) is 0 Å². The van der Waals surface area contributed by atoms with Gasteiger partial charge in [-0.15, -0.1) is 10.2 Å². The van der Waals surface area contributed by atoms with Gasteiger partial charge in [0.05, 0.1) is 5.75 Å². The van der Waals surface area contributed by atoms with E-state index in [0.717, 1.165) is 24.7 Å². The first kappa shape index (κ1) is 17.8. The Labute approximate surface area is 142 Å². The predicted molar refractivity (Wildman–Crippen MR) is 91.0 cm³/mol. The van der Waals surface area contributed by atoms with Crippen molar-refractivity contribution in [2.75, 3.05) is 30.8 Å². The smallest absolute Gasteiger partial charge is 0.206 e. The number of ketones is 1. The first-order valence-electron chi connectivity index (χ1n) is 7.25. The summed E-state index contributed by atoms with van der Waals surface area (Å²) in [6.45, 7) is 4.17. The molecule has 0 unspecified atom stereocenters. The van der Waals surface area contributed by atoms with Gasteiger partial charge in [0.1, 0.15) is 5.82 Å². The van der Waals surface area contributed by atoms with E-state index < -0.39 is 5.82 Å². The number of nitrogens with one attached hydrogen (secondary N) is 1. The number of carbonyl (C=O) groups is 1. The highest BCUT2D eigenvalue weighted by Crippen LogP contribution is 2.26. The highest BCUT2D eigenvalue weighted by Gasteiger charge is 2.10. The monoisotopic (exact) mass is 355 g/mol. The number of Topliss-reactive ketones (excluding diaryl/α,β-unsaturated/α-hetero) is 1. The molecule has 1 aromatic heterocycles. The van der Waals surface area contributed by atoms with Crippen molar-refractivity contribution in [1.82, 2.24) is 10.2 Å². The van der Waals surface area contributed by atoms with Crippen molar-refractivity contribution >= 4 is 34.0 Å². The molecular formula is C15H18FN3O2S2. The van der Waals surface area contributed by atoms with E-state index in [1.165, 1.54) is 41.3 Å². The van der Waals surface area contributed by atoms with E-state index >= 15 is 0 Å². The van der Waals surface area contributed by atoms with Crippen LogP contribution in [0.5, 0.6) is 0 Å². The van der Waals surface area contributed by atoms with Crippen LogP contribution < -0.4 is 5.32 Å². The number of rotatable bonds is 10. The lowest BCUT2D eigenvalue weighted by Gasteiger charge is -2.01. The van der Waals surface area contributed by atoms with Gasteiger partial charge in [-0.3, -0.25) is 4.79 Å². The molecule has 8 heteroatoms. The zero-order valence-electron chi connectivity index (χ0n) is 12.8. The Hall–Kier alpha value is -1.51. The number of hydrogen-bond donors (Lipinski definition) is 1. The number of nitrogens with zero attached hydrogens (tertiary/aromatic N) is 2. The number of halogens is 1. The fourth-order valence-electron chi connectivity index (χ4n) is 1.73. The number of carbonyl (C=O) groups excluding carboxylic acids is 1. The van der Waals surface area contributed by atoms with Crippen molar-refractivity contribution in [2.24, 2.45) is 0 Å². The Morgan fingerprint density at radius 2 is 2.30 bits per heavy atom. The van der Waals surface area contributed by atoms with E-state index in [1.54, 1.807) is 6.07 Å². The molecule has 2 aromatic rings. The van der Waals surface area contributed by atoms with Gasteiger partial charge in [0.15, 0.2) is 10.1 Å². The first-order valence-corrected chi connectivity index (χ1v) is 9.06. The normalized spacial score (nSPS) is 10.7. The minimum atomic E-state index is -0.407. The van der Waals surface area contributed by atoms with Crippen LogP contribution in [0.3, 0.4) is 0 Å². The van der Waals surface area contributed by atoms with Crippen LogP contribution in [0.15, 0.2) is 28.6 Å². The van der Waals surface area contributed by atoms with Crippen LogP contribution in [0.1, 0.15) is 23.7 Å². The van der Waals surface area contributed by atoms with Gasteiger partial charge in [-0.1, -0.05) is 35.2 Å². The van der Waals surface area contributed by atoms with Crippen molar-refractivity contribution in [3.8, 4) is 0 Å². The van der Waals surface area contributed by atoms with E-state index in [4.69, 9.17) is 4.74 Å². The van der Waals surface area contributed by atoms with E-state index in [9.17, 15) is 9.18 Å². The highest BCUT2D eigenvalue weighted by molar-refractivity contribution is 8.01. The van der Waals surface area contributed by atoms with Crippen LogP contribution in [-0.2, 0) is 4.74 Å². The SMILES string of the molecule is CCOCCCNc1nnc(SCC(=O)c2cccc(F)c2)s1. The lowest BCUT2D eigenvalue weighted by atomic mass is 10.1. The maximum absolute atomic E-state index is 13.1. The average Bonchev–Trinajstić information content (AvgIpc) is 3.00. The Balaban J connectivity index is 1.75. The van der Waals surface area contributed by atoms with Gasteiger partial charge in [0.2, 0.25) is 5.13 Å². The van der Waals surface area contributed by atoms with Crippen LogP contribution in [-0.4, -0.2) is 41.5 Å². The molecule has 0 fully saturated rings. The van der Waals surface area contributed by atoms with Gasteiger partial charge in [0.25, 0.3) is 0 Å². The van der Waals surface area contributed by atoms with Crippen molar-refractivity contribution < 1.29 is 13.9 Å². The third-order valence-corrected chi connectivity index (χ3v) is 4.84. The van der Waals surface area contributed by atoms with Crippen molar-refractivity contribution in [1.29, 1.82) is 0 Å². The summed E-state index contributed by atoms with van der Waals surface area (Å²) >= 11 is 2.71. The molecule has 124 valence electrons. The molecule has 0 aliphatic heterocycles.